The fourth-order valence-corrected chi connectivity index (χ4v) is 2.40. The number of aryl methyl sites for hydroxylation is 1. The zero-order valence-electron chi connectivity index (χ0n) is 9.96. The molecule has 0 aromatic heterocycles. The van der Waals surface area contributed by atoms with Crippen LogP contribution in [-0.4, -0.2) is 26.2 Å². The Bertz CT molecular complexity index is 365. The summed E-state index contributed by atoms with van der Waals surface area (Å²) in [7, 11) is 2.04. The van der Waals surface area contributed by atoms with Gasteiger partial charge in [0.25, 0.3) is 0 Å². The Labute approximate surface area is 103 Å². The van der Waals surface area contributed by atoms with Gasteiger partial charge in [-0.05, 0) is 44.5 Å². The molecule has 1 atom stereocenters. The molecule has 0 amide bonds. The molecule has 1 aromatic rings. The number of hydrogen-bond acceptors (Lipinski definition) is 2. The Hall–Kier alpha value is -0.730. The number of benzene rings is 1. The molecule has 0 spiro atoms. The van der Waals surface area contributed by atoms with Crippen molar-refractivity contribution in [3.8, 4) is 0 Å². The van der Waals surface area contributed by atoms with Crippen molar-refractivity contribution in [1.29, 1.82) is 0 Å². The van der Waals surface area contributed by atoms with Crippen LogP contribution in [0.1, 0.15) is 18.4 Å². The second-order valence-corrected chi connectivity index (χ2v) is 4.91. The van der Waals surface area contributed by atoms with Crippen molar-refractivity contribution >= 4 is 17.3 Å². The molecular weight excluding hydrogens is 220 g/mol. The predicted molar refractivity (Wildman–Crippen MR) is 70.5 cm³/mol. The molecule has 0 saturated carbocycles. The minimum Gasteiger partial charge on any atom is -0.370 e. The molecule has 1 aliphatic heterocycles. The number of piperidine rings is 1. The monoisotopic (exact) mass is 238 g/mol. The maximum Gasteiger partial charge on any atom is 0.0455 e. The Morgan fingerprint density at radius 3 is 2.94 bits per heavy atom. The third-order valence-corrected chi connectivity index (χ3v) is 3.76. The topological polar surface area (TPSA) is 15.3 Å². The van der Waals surface area contributed by atoms with Gasteiger partial charge in [-0.15, -0.1) is 0 Å². The lowest BCUT2D eigenvalue weighted by atomic mass is 10.0. The molecule has 0 bridgehead atoms. The summed E-state index contributed by atoms with van der Waals surface area (Å²) < 4.78 is 0. The molecule has 1 saturated heterocycles. The van der Waals surface area contributed by atoms with E-state index >= 15 is 0 Å². The Balaban J connectivity index is 2.13. The maximum absolute atomic E-state index is 6.16. The van der Waals surface area contributed by atoms with Crippen LogP contribution in [-0.2, 0) is 0 Å². The molecule has 2 nitrogen and oxygen atoms in total. The highest BCUT2D eigenvalue weighted by Crippen LogP contribution is 2.25. The Morgan fingerprint density at radius 2 is 2.25 bits per heavy atom. The van der Waals surface area contributed by atoms with Crippen molar-refractivity contribution in [3.05, 3.63) is 28.8 Å². The van der Waals surface area contributed by atoms with Crippen LogP contribution in [0.4, 0.5) is 5.69 Å². The molecular formula is C13H19ClN2. The predicted octanol–water partition coefficient (Wildman–Crippen LogP) is 2.84. The van der Waals surface area contributed by atoms with Crippen LogP contribution in [0.5, 0.6) is 0 Å². The first-order valence-corrected chi connectivity index (χ1v) is 6.27. The van der Waals surface area contributed by atoms with Gasteiger partial charge in [0.1, 0.15) is 0 Å². The molecule has 1 unspecified atom stereocenters. The maximum atomic E-state index is 6.16. The quantitative estimate of drug-likeness (QED) is 0.853. The average Bonchev–Trinajstić information content (AvgIpc) is 2.33. The summed E-state index contributed by atoms with van der Waals surface area (Å²) >= 11 is 6.16. The van der Waals surface area contributed by atoms with Crippen LogP contribution in [0.25, 0.3) is 0 Å². The van der Waals surface area contributed by atoms with Crippen molar-refractivity contribution in [2.24, 2.45) is 0 Å². The first-order valence-electron chi connectivity index (χ1n) is 5.89. The second kappa shape index (κ2) is 5.07. The number of nitrogens with one attached hydrogen (secondary N) is 1. The second-order valence-electron chi connectivity index (χ2n) is 4.51. The van der Waals surface area contributed by atoms with E-state index in [2.05, 4.69) is 28.4 Å². The van der Waals surface area contributed by atoms with E-state index in [4.69, 9.17) is 11.6 Å². The van der Waals surface area contributed by atoms with Crippen molar-refractivity contribution in [2.45, 2.75) is 25.8 Å². The third-order valence-electron chi connectivity index (χ3n) is 3.35. The third kappa shape index (κ3) is 2.50. The van der Waals surface area contributed by atoms with Crippen LogP contribution in [0.2, 0.25) is 5.02 Å². The van der Waals surface area contributed by atoms with Gasteiger partial charge in [-0.2, -0.15) is 0 Å². The highest BCUT2D eigenvalue weighted by molar-refractivity contribution is 6.31. The molecule has 2 rings (SSSR count). The minimum atomic E-state index is 0.605. The molecule has 0 aliphatic carbocycles. The van der Waals surface area contributed by atoms with Gasteiger partial charge in [-0.1, -0.05) is 17.7 Å². The first-order chi connectivity index (χ1) is 7.70. The Kier molecular flexibility index (Phi) is 3.72. The smallest absolute Gasteiger partial charge is 0.0455 e. The normalized spacial score (nSPS) is 21.2. The van der Waals surface area contributed by atoms with Gasteiger partial charge in [-0.3, -0.25) is 0 Å². The number of nitrogens with zero attached hydrogens (tertiary/aromatic N) is 1. The fourth-order valence-electron chi connectivity index (χ4n) is 2.23. The number of rotatable bonds is 2. The van der Waals surface area contributed by atoms with E-state index in [1.54, 1.807) is 0 Å². The van der Waals surface area contributed by atoms with Gasteiger partial charge in [0, 0.05) is 29.8 Å². The van der Waals surface area contributed by atoms with E-state index in [9.17, 15) is 0 Å². The van der Waals surface area contributed by atoms with Gasteiger partial charge in [0.2, 0.25) is 0 Å². The Morgan fingerprint density at radius 1 is 1.44 bits per heavy atom. The van der Waals surface area contributed by atoms with E-state index < -0.39 is 0 Å². The van der Waals surface area contributed by atoms with Crippen LogP contribution in [0.3, 0.4) is 0 Å². The van der Waals surface area contributed by atoms with E-state index in [0.717, 1.165) is 23.7 Å². The van der Waals surface area contributed by atoms with Crippen molar-refractivity contribution in [3.63, 3.8) is 0 Å². The molecule has 1 N–H and O–H groups in total. The van der Waals surface area contributed by atoms with Gasteiger partial charge in [-0.25, -0.2) is 0 Å². The highest BCUT2D eigenvalue weighted by atomic mass is 35.5. The number of likely N-dealkylation sites (N-methyl/N-ethyl adjacent to an activating group) is 1. The summed E-state index contributed by atoms with van der Waals surface area (Å²) in [4.78, 5) is 2.41. The van der Waals surface area contributed by atoms with Gasteiger partial charge in [0.05, 0.1) is 0 Å². The molecule has 3 heteroatoms. The lowest BCUT2D eigenvalue weighted by Crippen LogP contribution is -2.44. The number of halogens is 1. The van der Waals surface area contributed by atoms with Crippen LogP contribution >= 0.6 is 11.6 Å². The summed E-state index contributed by atoms with van der Waals surface area (Å²) in [5, 5.41) is 4.22. The summed E-state index contributed by atoms with van der Waals surface area (Å²) in [6, 6.07) is 6.95. The molecule has 1 heterocycles. The lowest BCUT2D eigenvalue weighted by Gasteiger charge is -2.34. The molecule has 16 heavy (non-hydrogen) atoms. The van der Waals surface area contributed by atoms with Crippen molar-refractivity contribution < 1.29 is 0 Å². The lowest BCUT2D eigenvalue weighted by molar-refractivity contribution is 0.449. The van der Waals surface area contributed by atoms with Crippen molar-refractivity contribution in [1.82, 2.24) is 5.32 Å². The molecule has 88 valence electrons. The molecule has 0 radical (unpaired) electrons. The fraction of sp³-hybridized carbons (Fsp3) is 0.538. The van der Waals surface area contributed by atoms with E-state index in [0.29, 0.717) is 6.04 Å². The highest BCUT2D eigenvalue weighted by Gasteiger charge is 2.18. The SMILES string of the molecule is CNC1CCCN(c2ccc(C)c(Cl)c2)C1. The summed E-state index contributed by atoms with van der Waals surface area (Å²) in [5.41, 5.74) is 2.39. The van der Waals surface area contributed by atoms with E-state index in [1.807, 2.05) is 14.0 Å². The van der Waals surface area contributed by atoms with Crippen LogP contribution in [0, 0.1) is 6.92 Å². The van der Waals surface area contributed by atoms with Gasteiger partial charge < -0.3 is 10.2 Å². The van der Waals surface area contributed by atoms with Crippen molar-refractivity contribution in [2.75, 3.05) is 25.0 Å². The molecule has 1 aromatic carbocycles. The standard InChI is InChI=1S/C13H19ClN2/c1-10-5-6-12(8-13(10)14)16-7-3-4-11(9-16)15-2/h5-6,8,11,15H,3-4,7,9H2,1-2H3. The number of anilines is 1. The average molecular weight is 239 g/mol. The zero-order valence-corrected chi connectivity index (χ0v) is 10.7. The molecule has 1 aliphatic rings. The van der Waals surface area contributed by atoms with Gasteiger partial charge in [0.15, 0.2) is 0 Å². The summed E-state index contributed by atoms with van der Waals surface area (Å²) in [6.07, 6.45) is 2.52. The summed E-state index contributed by atoms with van der Waals surface area (Å²) in [6.45, 7) is 4.26. The number of hydrogen-bond donors (Lipinski definition) is 1. The van der Waals surface area contributed by atoms with Gasteiger partial charge >= 0.3 is 0 Å². The molecule has 1 fully saturated rings. The zero-order chi connectivity index (χ0) is 11.5. The first kappa shape index (κ1) is 11.7. The van der Waals surface area contributed by atoms with Crippen LogP contribution in [0.15, 0.2) is 18.2 Å². The van der Waals surface area contributed by atoms with E-state index in [1.165, 1.54) is 18.5 Å². The summed E-state index contributed by atoms with van der Waals surface area (Å²) in [5.74, 6) is 0. The van der Waals surface area contributed by atoms with E-state index in [-0.39, 0.29) is 0 Å². The minimum absolute atomic E-state index is 0.605. The largest absolute Gasteiger partial charge is 0.370 e. The van der Waals surface area contributed by atoms with Crippen LogP contribution < -0.4 is 10.2 Å².